The lowest BCUT2D eigenvalue weighted by Crippen LogP contribution is -2.36. The number of carbonyl (C=O) groups is 2. The SMILES string of the molecule is CCCC(CN(C)C(=O)c1ccccc1)OC(=O)c1ccccc1. The van der Waals surface area contributed by atoms with E-state index in [1.54, 1.807) is 48.3 Å². The number of ether oxygens (including phenoxy) is 1. The Hall–Kier alpha value is -2.62. The molecule has 0 aliphatic rings. The highest BCUT2D eigenvalue weighted by molar-refractivity contribution is 5.94. The Labute approximate surface area is 143 Å². The number of hydrogen-bond donors (Lipinski definition) is 0. The molecule has 24 heavy (non-hydrogen) atoms. The van der Waals surface area contributed by atoms with E-state index in [0.29, 0.717) is 24.1 Å². The zero-order valence-electron chi connectivity index (χ0n) is 14.1. The van der Waals surface area contributed by atoms with Gasteiger partial charge in [0.05, 0.1) is 12.1 Å². The third-order valence-corrected chi connectivity index (χ3v) is 3.74. The van der Waals surface area contributed by atoms with Crippen LogP contribution in [0.3, 0.4) is 0 Å². The predicted octanol–water partition coefficient (Wildman–Crippen LogP) is 3.78. The second-order valence-electron chi connectivity index (χ2n) is 5.73. The number of nitrogens with zero attached hydrogens (tertiary/aromatic N) is 1. The van der Waals surface area contributed by atoms with Gasteiger partial charge < -0.3 is 9.64 Å². The minimum absolute atomic E-state index is 0.0764. The molecule has 0 fully saturated rings. The Morgan fingerprint density at radius 1 is 0.958 bits per heavy atom. The first-order valence-corrected chi connectivity index (χ1v) is 8.18. The van der Waals surface area contributed by atoms with Gasteiger partial charge in [-0.2, -0.15) is 0 Å². The maximum Gasteiger partial charge on any atom is 0.338 e. The van der Waals surface area contributed by atoms with Crippen molar-refractivity contribution in [3.63, 3.8) is 0 Å². The molecule has 2 rings (SSSR count). The highest BCUT2D eigenvalue weighted by atomic mass is 16.5. The summed E-state index contributed by atoms with van der Waals surface area (Å²) < 4.78 is 5.60. The number of esters is 1. The summed E-state index contributed by atoms with van der Waals surface area (Å²) in [5, 5.41) is 0. The molecule has 126 valence electrons. The molecule has 0 saturated carbocycles. The Morgan fingerprint density at radius 3 is 2.04 bits per heavy atom. The van der Waals surface area contributed by atoms with Gasteiger partial charge in [-0.05, 0) is 30.7 Å². The van der Waals surface area contributed by atoms with Gasteiger partial charge in [-0.1, -0.05) is 49.7 Å². The fraction of sp³-hybridized carbons (Fsp3) is 0.300. The van der Waals surface area contributed by atoms with E-state index >= 15 is 0 Å². The summed E-state index contributed by atoms with van der Waals surface area (Å²) in [4.78, 5) is 26.3. The summed E-state index contributed by atoms with van der Waals surface area (Å²) in [6.45, 7) is 2.41. The quantitative estimate of drug-likeness (QED) is 0.728. The molecular weight excluding hydrogens is 302 g/mol. The molecule has 0 N–H and O–H groups in total. The Kier molecular flexibility index (Phi) is 6.55. The summed E-state index contributed by atoms with van der Waals surface area (Å²) in [5.74, 6) is -0.429. The topological polar surface area (TPSA) is 46.6 Å². The van der Waals surface area contributed by atoms with Crippen LogP contribution < -0.4 is 0 Å². The maximum atomic E-state index is 12.4. The third kappa shape index (κ3) is 4.95. The smallest absolute Gasteiger partial charge is 0.338 e. The summed E-state index contributed by atoms with van der Waals surface area (Å²) in [6.07, 6.45) is 1.27. The molecule has 0 heterocycles. The van der Waals surface area contributed by atoms with Crippen LogP contribution in [0.15, 0.2) is 60.7 Å². The van der Waals surface area contributed by atoms with Crippen LogP contribution in [0.2, 0.25) is 0 Å². The minimum atomic E-state index is -0.352. The van der Waals surface area contributed by atoms with E-state index < -0.39 is 0 Å². The average Bonchev–Trinajstić information content (AvgIpc) is 2.62. The zero-order valence-corrected chi connectivity index (χ0v) is 14.1. The fourth-order valence-corrected chi connectivity index (χ4v) is 2.49. The van der Waals surface area contributed by atoms with E-state index in [4.69, 9.17) is 4.74 Å². The van der Waals surface area contributed by atoms with Gasteiger partial charge in [-0.25, -0.2) is 4.79 Å². The molecule has 1 unspecified atom stereocenters. The van der Waals surface area contributed by atoms with E-state index in [-0.39, 0.29) is 18.0 Å². The van der Waals surface area contributed by atoms with Gasteiger partial charge >= 0.3 is 5.97 Å². The molecule has 0 aliphatic heterocycles. The average molecular weight is 325 g/mol. The van der Waals surface area contributed by atoms with E-state index in [9.17, 15) is 9.59 Å². The number of rotatable bonds is 7. The molecule has 0 radical (unpaired) electrons. The zero-order chi connectivity index (χ0) is 17.4. The van der Waals surface area contributed by atoms with Crippen molar-refractivity contribution in [3.8, 4) is 0 Å². The molecule has 1 amide bonds. The fourth-order valence-electron chi connectivity index (χ4n) is 2.49. The van der Waals surface area contributed by atoms with Crippen molar-refractivity contribution in [2.75, 3.05) is 13.6 Å². The van der Waals surface area contributed by atoms with Crippen LogP contribution in [0.1, 0.15) is 40.5 Å². The second-order valence-corrected chi connectivity index (χ2v) is 5.73. The van der Waals surface area contributed by atoms with Crippen LogP contribution in [0, 0.1) is 0 Å². The van der Waals surface area contributed by atoms with Crippen molar-refractivity contribution in [1.29, 1.82) is 0 Å². The second kappa shape index (κ2) is 8.87. The monoisotopic (exact) mass is 325 g/mol. The lowest BCUT2D eigenvalue weighted by atomic mass is 10.1. The van der Waals surface area contributed by atoms with Crippen LogP contribution in [-0.2, 0) is 4.74 Å². The summed E-state index contributed by atoms with van der Waals surface area (Å²) in [5.41, 5.74) is 1.15. The summed E-state index contributed by atoms with van der Waals surface area (Å²) >= 11 is 0. The van der Waals surface area contributed by atoms with Crippen LogP contribution in [0.5, 0.6) is 0 Å². The number of benzene rings is 2. The van der Waals surface area contributed by atoms with Gasteiger partial charge in [0.25, 0.3) is 5.91 Å². The minimum Gasteiger partial charge on any atom is -0.457 e. The van der Waals surface area contributed by atoms with Gasteiger partial charge in [-0.3, -0.25) is 4.79 Å². The first-order chi connectivity index (χ1) is 11.6. The lowest BCUT2D eigenvalue weighted by Gasteiger charge is -2.24. The Bertz CT molecular complexity index is 655. The number of amides is 1. The highest BCUT2D eigenvalue weighted by Gasteiger charge is 2.20. The van der Waals surface area contributed by atoms with Gasteiger partial charge in [0.15, 0.2) is 0 Å². The molecule has 2 aromatic carbocycles. The van der Waals surface area contributed by atoms with Crippen molar-refractivity contribution >= 4 is 11.9 Å². The Morgan fingerprint density at radius 2 is 1.50 bits per heavy atom. The molecule has 0 aliphatic carbocycles. The largest absolute Gasteiger partial charge is 0.457 e. The third-order valence-electron chi connectivity index (χ3n) is 3.74. The van der Waals surface area contributed by atoms with E-state index in [2.05, 4.69) is 0 Å². The molecule has 4 nitrogen and oxygen atoms in total. The standard InChI is InChI=1S/C20H23NO3/c1-3-10-18(24-20(23)17-13-8-5-9-14-17)15-21(2)19(22)16-11-6-4-7-12-16/h4-9,11-14,18H,3,10,15H2,1-2H3. The van der Waals surface area contributed by atoms with Crippen LogP contribution >= 0.6 is 0 Å². The van der Waals surface area contributed by atoms with Crippen molar-refractivity contribution in [2.24, 2.45) is 0 Å². The van der Waals surface area contributed by atoms with Crippen LogP contribution in [-0.4, -0.2) is 36.5 Å². The van der Waals surface area contributed by atoms with Crippen molar-refractivity contribution in [3.05, 3.63) is 71.8 Å². The molecule has 0 saturated heterocycles. The van der Waals surface area contributed by atoms with Gasteiger partial charge in [0, 0.05) is 12.6 Å². The van der Waals surface area contributed by atoms with Crippen LogP contribution in [0.25, 0.3) is 0 Å². The maximum absolute atomic E-state index is 12.4. The number of hydrogen-bond acceptors (Lipinski definition) is 3. The molecular formula is C20H23NO3. The first kappa shape index (κ1) is 17.7. The number of likely N-dealkylation sites (N-methyl/N-ethyl adjacent to an activating group) is 1. The molecule has 1 atom stereocenters. The number of carbonyl (C=O) groups excluding carboxylic acids is 2. The normalized spacial score (nSPS) is 11.6. The van der Waals surface area contributed by atoms with Gasteiger partial charge in [-0.15, -0.1) is 0 Å². The summed E-state index contributed by atoms with van der Waals surface area (Å²) in [7, 11) is 1.73. The van der Waals surface area contributed by atoms with E-state index in [0.717, 1.165) is 6.42 Å². The molecule has 0 aromatic heterocycles. The highest BCUT2D eigenvalue weighted by Crippen LogP contribution is 2.11. The van der Waals surface area contributed by atoms with Crippen LogP contribution in [0.4, 0.5) is 0 Å². The van der Waals surface area contributed by atoms with Crippen molar-refractivity contribution in [1.82, 2.24) is 4.90 Å². The lowest BCUT2D eigenvalue weighted by molar-refractivity contribution is 0.0192. The molecule has 4 heteroatoms. The van der Waals surface area contributed by atoms with E-state index in [1.807, 2.05) is 31.2 Å². The predicted molar refractivity (Wildman–Crippen MR) is 94.0 cm³/mol. The van der Waals surface area contributed by atoms with E-state index in [1.165, 1.54) is 0 Å². The summed E-state index contributed by atoms with van der Waals surface area (Å²) in [6, 6.07) is 18.0. The van der Waals surface area contributed by atoms with Gasteiger partial charge in [0.2, 0.25) is 0 Å². The molecule has 0 bridgehead atoms. The van der Waals surface area contributed by atoms with Crippen molar-refractivity contribution < 1.29 is 14.3 Å². The first-order valence-electron chi connectivity index (χ1n) is 8.18. The van der Waals surface area contributed by atoms with Crippen molar-refractivity contribution in [2.45, 2.75) is 25.9 Å². The van der Waals surface area contributed by atoms with Gasteiger partial charge in [0.1, 0.15) is 6.10 Å². The molecule has 0 spiro atoms. The molecule has 2 aromatic rings. The Balaban J connectivity index is 2.00.